The Morgan fingerprint density at radius 1 is 1.06 bits per heavy atom. The van der Waals surface area contributed by atoms with Crippen LogP contribution in [0.3, 0.4) is 0 Å². The molecule has 2 N–H and O–H groups in total. The lowest BCUT2D eigenvalue weighted by Gasteiger charge is -2.62. The molecule has 2 bridgehead atoms. The molecular formula is C25H28N4O2. The minimum absolute atomic E-state index is 0.171. The van der Waals surface area contributed by atoms with Crippen molar-refractivity contribution in [2.24, 2.45) is 23.2 Å². The zero-order valence-corrected chi connectivity index (χ0v) is 18.1. The van der Waals surface area contributed by atoms with Crippen LogP contribution in [0.2, 0.25) is 0 Å². The van der Waals surface area contributed by atoms with Crippen molar-refractivity contribution in [1.82, 2.24) is 20.7 Å². The summed E-state index contributed by atoms with van der Waals surface area (Å²) in [7, 11) is 0. The van der Waals surface area contributed by atoms with Gasteiger partial charge in [-0.3, -0.25) is 4.79 Å². The third-order valence-electron chi connectivity index (χ3n) is 7.55. The maximum Gasteiger partial charge on any atom is 0.274 e. The number of ether oxygens (including phenoxy) is 1. The summed E-state index contributed by atoms with van der Waals surface area (Å²) in [5.41, 5.74) is 1.91. The van der Waals surface area contributed by atoms with E-state index >= 15 is 0 Å². The average Bonchev–Trinajstić information content (AvgIpc) is 3.26. The fourth-order valence-corrected chi connectivity index (χ4v) is 5.52. The summed E-state index contributed by atoms with van der Waals surface area (Å²) >= 11 is 0. The highest BCUT2D eigenvalue weighted by molar-refractivity contribution is 5.98. The molecule has 3 fully saturated rings. The van der Waals surface area contributed by atoms with Gasteiger partial charge in [-0.25, -0.2) is 0 Å². The molecule has 31 heavy (non-hydrogen) atoms. The third kappa shape index (κ3) is 3.40. The van der Waals surface area contributed by atoms with E-state index in [9.17, 15) is 4.79 Å². The Balaban J connectivity index is 1.38. The molecule has 4 atom stereocenters. The van der Waals surface area contributed by atoms with E-state index in [4.69, 9.17) is 4.74 Å². The average molecular weight is 417 g/mol. The smallest absolute Gasteiger partial charge is 0.274 e. The monoisotopic (exact) mass is 416 g/mol. The molecule has 1 amide bonds. The summed E-state index contributed by atoms with van der Waals surface area (Å²) in [6, 6.07) is 17.3. The summed E-state index contributed by atoms with van der Waals surface area (Å²) in [5, 5.41) is 14.4. The van der Waals surface area contributed by atoms with Gasteiger partial charge in [0.15, 0.2) is 5.69 Å². The second-order valence-electron chi connectivity index (χ2n) is 9.47. The molecule has 0 saturated heterocycles. The maximum atomic E-state index is 13.2. The van der Waals surface area contributed by atoms with E-state index in [0.29, 0.717) is 40.3 Å². The van der Waals surface area contributed by atoms with E-state index in [1.165, 1.54) is 6.42 Å². The molecule has 6 nitrogen and oxygen atoms in total. The predicted molar refractivity (Wildman–Crippen MR) is 119 cm³/mol. The van der Waals surface area contributed by atoms with E-state index in [1.54, 1.807) is 0 Å². The first-order valence-corrected chi connectivity index (χ1v) is 11.0. The number of H-pyrrole nitrogens is 1. The Morgan fingerprint density at radius 3 is 2.55 bits per heavy atom. The molecule has 1 heterocycles. The van der Waals surface area contributed by atoms with Gasteiger partial charge in [0.05, 0.1) is 0 Å². The Bertz CT molecular complexity index is 1090. The molecule has 3 aliphatic carbocycles. The van der Waals surface area contributed by atoms with Gasteiger partial charge in [0.2, 0.25) is 0 Å². The van der Waals surface area contributed by atoms with Gasteiger partial charge >= 0.3 is 0 Å². The van der Waals surface area contributed by atoms with Gasteiger partial charge in [-0.15, -0.1) is 0 Å². The largest absolute Gasteiger partial charge is 0.457 e. The van der Waals surface area contributed by atoms with Crippen molar-refractivity contribution in [3.8, 4) is 22.8 Å². The number of carbonyl (C=O) groups excluding carboxylic acids is 1. The van der Waals surface area contributed by atoms with Crippen molar-refractivity contribution >= 4 is 5.91 Å². The van der Waals surface area contributed by atoms with Crippen LogP contribution >= 0.6 is 0 Å². The molecule has 2 aromatic carbocycles. The molecule has 6 rings (SSSR count). The summed E-state index contributed by atoms with van der Waals surface area (Å²) in [4.78, 5) is 13.2. The fourth-order valence-electron chi connectivity index (χ4n) is 5.52. The van der Waals surface area contributed by atoms with Crippen molar-refractivity contribution in [1.29, 1.82) is 0 Å². The van der Waals surface area contributed by atoms with Crippen LogP contribution in [0.5, 0.6) is 11.5 Å². The number of amides is 1. The van der Waals surface area contributed by atoms with Gasteiger partial charge in [0, 0.05) is 11.6 Å². The van der Waals surface area contributed by atoms with Gasteiger partial charge in [0.25, 0.3) is 5.91 Å². The Hall–Kier alpha value is -3.15. The lowest BCUT2D eigenvalue weighted by atomic mass is 9.45. The number of nitrogens with one attached hydrogen (secondary N) is 2. The third-order valence-corrected chi connectivity index (χ3v) is 7.55. The predicted octanol–water partition coefficient (Wildman–Crippen LogP) is 5.06. The fraction of sp³-hybridized carbons (Fsp3) is 0.400. The second kappa shape index (κ2) is 7.52. The molecule has 3 aromatic rings. The molecular weight excluding hydrogens is 388 g/mol. The van der Waals surface area contributed by atoms with Crippen molar-refractivity contribution in [2.45, 2.75) is 39.7 Å². The Morgan fingerprint density at radius 2 is 1.81 bits per heavy atom. The molecule has 6 heteroatoms. The number of rotatable bonds is 5. The van der Waals surface area contributed by atoms with Crippen molar-refractivity contribution in [3.63, 3.8) is 0 Å². The first kappa shape index (κ1) is 19.8. The molecule has 4 unspecified atom stereocenters. The number of hydrogen-bond acceptors (Lipinski definition) is 4. The molecule has 3 saturated carbocycles. The lowest BCUT2D eigenvalue weighted by molar-refractivity contribution is -0.113. The number of fused-ring (bicyclic) bond motifs is 2. The molecule has 1 aromatic heterocycles. The van der Waals surface area contributed by atoms with Crippen LogP contribution in [0.25, 0.3) is 11.3 Å². The van der Waals surface area contributed by atoms with Gasteiger partial charge in [-0.1, -0.05) is 51.1 Å². The highest BCUT2D eigenvalue weighted by Gasteiger charge is 2.56. The van der Waals surface area contributed by atoms with E-state index in [0.717, 1.165) is 17.7 Å². The Labute approximate surface area is 182 Å². The molecule has 0 spiro atoms. The highest BCUT2D eigenvalue weighted by Crippen LogP contribution is 2.61. The quantitative estimate of drug-likeness (QED) is 0.609. The first-order valence-electron chi connectivity index (χ1n) is 11.0. The molecule has 0 aliphatic heterocycles. The van der Waals surface area contributed by atoms with Crippen molar-refractivity contribution < 1.29 is 9.53 Å². The minimum Gasteiger partial charge on any atom is -0.457 e. The van der Waals surface area contributed by atoms with Crippen LogP contribution in [-0.4, -0.2) is 27.4 Å². The first-order chi connectivity index (χ1) is 14.9. The summed E-state index contributed by atoms with van der Waals surface area (Å²) in [5.74, 6) is 2.96. The zero-order chi connectivity index (χ0) is 21.6. The summed E-state index contributed by atoms with van der Waals surface area (Å²) < 4.78 is 6.06. The molecule has 0 radical (unpaired) electrons. The van der Waals surface area contributed by atoms with Crippen LogP contribution in [0, 0.1) is 23.2 Å². The number of para-hydroxylation sites is 2. The van der Waals surface area contributed by atoms with Gasteiger partial charge in [0.1, 0.15) is 17.2 Å². The number of hydrogen-bond donors (Lipinski definition) is 2. The van der Waals surface area contributed by atoms with E-state index in [2.05, 4.69) is 41.5 Å². The lowest BCUT2D eigenvalue weighted by Crippen LogP contribution is -2.60. The standard InChI is InChI=1S/C25H28N4O2/c1-15-19-13-16(25(19,2)3)14-20(15)26-24(30)23-22(27-29-28-23)18-11-7-8-12-21(18)31-17-9-5-4-6-10-17/h4-12,15-16,19-20H,13-14H2,1-3H3,(H,26,30)(H,27,28,29). The Kier molecular flexibility index (Phi) is 4.80. The van der Waals surface area contributed by atoms with Crippen molar-refractivity contribution in [2.75, 3.05) is 0 Å². The number of benzene rings is 2. The summed E-state index contributed by atoms with van der Waals surface area (Å²) in [6.07, 6.45) is 2.30. The number of aromatic amines is 1. The van der Waals surface area contributed by atoms with Gasteiger partial charge < -0.3 is 10.1 Å². The molecule has 3 aliphatic rings. The molecule has 160 valence electrons. The SMILES string of the molecule is CC1C(NC(=O)c2n[nH]nc2-c2ccccc2Oc2ccccc2)CC2CC1C2(C)C. The maximum absolute atomic E-state index is 13.2. The van der Waals surface area contributed by atoms with Gasteiger partial charge in [-0.05, 0) is 60.3 Å². The number of carbonyl (C=O) groups is 1. The highest BCUT2D eigenvalue weighted by atomic mass is 16.5. The van der Waals surface area contributed by atoms with Crippen LogP contribution in [0.1, 0.15) is 44.1 Å². The topological polar surface area (TPSA) is 79.9 Å². The van der Waals surface area contributed by atoms with Crippen LogP contribution < -0.4 is 10.1 Å². The normalized spacial score (nSPS) is 26.0. The van der Waals surface area contributed by atoms with Crippen molar-refractivity contribution in [3.05, 3.63) is 60.3 Å². The van der Waals surface area contributed by atoms with Gasteiger partial charge in [-0.2, -0.15) is 15.4 Å². The summed E-state index contributed by atoms with van der Waals surface area (Å²) in [6.45, 7) is 6.99. The number of aromatic nitrogens is 3. The van der Waals surface area contributed by atoms with Crippen LogP contribution in [0.4, 0.5) is 0 Å². The van der Waals surface area contributed by atoms with Crippen LogP contribution in [-0.2, 0) is 0 Å². The van der Waals surface area contributed by atoms with E-state index < -0.39 is 0 Å². The second-order valence-corrected chi connectivity index (χ2v) is 9.47. The number of nitrogens with zero attached hydrogens (tertiary/aromatic N) is 2. The van der Waals surface area contributed by atoms with Crippen LogP contribution in [0.15, 0.2) is 54.6 Å². The van der Waals surface area contributed by atoms with E-state index in [1.807, 2.05) is 54.6 Å². The zero-order valence-electron chi connectivity index (χ0n) is 18.1. The minimum atomic E-state index is -0.186. The van der Waals surface area contributed by atoms with E-state index in [-0.39, 0.29) is 11.9 Å².